The highest BCUT2D eigenvalue weighted by atomic mass is 19.1. The average Bonchev–Trinajstić information content (AvgIpc) is 3.18. The van der Waals surface area contributed by atoms with Crippen molar-refractivity contribution in [2.24, 2.45) is 0 Å². The number of halogens is 1. The Balaban J connectivity index is 2.01. The van der Waals surface area contributed by atoms with Gasteiger partial charge in [0.15, 0.2) is 0 Å². The van der Waals surface area contributed by atoms with E-state index in [1.165, 1.54) is 20.1 Å². The molecule has 0 aliphatic heterocycles. The third kappa shape index (κ3) is 2.89. The molecule has 0 heterocycles. The minimum absolute atomic E-state index is 0.341. The van der Waals surface area contributed by atoms with Crippen LogP contribution < -0.4 is 10.6 Å². The van der Waals surface area contributed by atoms with Crippen LogP contribution >= 0.6 is 0 Å². The zero-order chi connectivity index (χ0) is 14.8. The minimum Gasteiger partial charge on any atom is -0.467 e. The van der Waals surface area contributed by atoms with Crippen molar-refractivity contribution in [1.29, 1.82) is 0 Å². The molecule has 1 unspecified atom stereocenters. The Morgan fingerprint density at radius 2 is 2.00 bits per heavy atom. The van der Waals surface area contributed by atoms with E-state index in [0.29, 0.717) is 18.4 Å². The van der Waals surface area contributed by atoms with Gasteiger partial charge in [-0.1, -0.05) is 18.2 Å². The van der Waals surface area contributed by atoms with Crippen molar-refractivity contribution >= 4 is 12.0 Å². The lowest BCUT2D eigenvalue weighted by Crippen LogP contribution is -2.48. The van der Waals surface area contributed by atoms with E-state index >= 15 is 0 Å². The van der Waals surface area contributed by atoms with Crippen LogP contribution in [0.5, 0.6) is 0 Å². The van der Waals surface area contributed by atoms with E-state index in [-0.39, 0.29) is 5.82 Å². The molecule has 1 atom stereocenters. The van der Waals surface area contributed by atoms with E-state index in [1.807, 2.05) is 0 Å². The smallest absolute Gasteiger partial charge is 0.328 e. The predicted molar refractivity (Wildman–Crippen MR) is 70.5 cm³/mol. The van der Waals surface area contributed by atoms with Gasteiger partial charge in [0.1, 0.15) is 11.9 Å². The van der Waals surface area contributed by atoms with Gasteiger partial charge in [-0.3, -0.25) is 0 Å². The Morgan fingerprint density at radius 1 is 1.35 bits per heavy atom. The van der Waals surface area contributed by atoms with Crippen LogP contribution in [-0.2, 0) is 15.1 Å². The van der Waals surface area contributed by atoms with Crippen LogP contribution in [0.15, 0.2) is 24.3 Å². The molecule has 5 nitrogen and oxygen atoms in total. The second-order valence-electron chi connectivity index (χ2n) is 4.91. The number of esters is 1. The molecule has 6 heteroatoms. The summed E-state index contributed by atoms with van der Waals surface area (Å²) in [6.07, 6.45) is 1.35. The van der Waals surface area contributed by atoms with Gasteiger partial charge in [-0.2, -0.15) is 0 Å². The normalized spacial score (nSPS) is 16.9. The number of carbonyl (C=O) groups excluding carboxylic acids is 2. The summed E-state index contributed by atoms with van der Waals surface area (Å²) in [5.41, 5.74) is -0.188. The van der Waals surface area contributed by atoms with Gasteiger partial charge in [0.2, 0.25) is 0 Å². The van der Waals surface area contributed by atoms with Gasteiger partial charge >= 0.3 is 12.0 Å². The van der Waals surface area contributed by atoms with Crippen molar-refractivity contribution in [1.82, 2.24) is 10.6 Å². The molecule has 1 aromatic carbocycles. The van der Waals surface area contributed by atoms with E-state index in [9.17, 15) is 14.0 Å². The summed E-state index contributed by atoms with van der Waals surface area (Å²) in [5.74, 6) is -0.873. The van der Waals surface area contributed by atoms with Crippen LogP contribution in [-0.4, -0.2) is 25.2 Å². The summed E-state index contributed by atoms with van der Waals surface area (Å²) in [4.78, 5) is 23.1. The Hall–Kier alpha value is -2.11. The molecule has 2 amide bonds. The van der Waals surface area contributed by atoms with E-state index in [0.717, 1.165) is 0 Å². The van der Waals surface area contributed by atoms with E-state index in [1.54, 1.807) is 18.2 Å². The summed E-state index contributed by atoms with van der Waals surface area (Å²) in [5, 5.41) is 5.21. The van der Waals surface area contributed by atoms with Crippen LogP contribution in [0.1, 0.15) is 25.3 Å². The highest BCUT2D eigenvalue weighted by molar-refractivity contribution is 5.83. The average molecular weight is 280 g/mol. The molecule has 0 saturated heterocycles. The van der Waals surface area contributed by atoms with E-state index in [2.05, 4.69) is 15.4 Å². The monoisotopic (exact) mass is 280 g/mol. The highest BCUT2D eigenvalue weighted by Crippen LogP contribution is 2.46. The largest absolute Gasteiger partial charge is 0.467 e. The van der Waals surface area contributed by atoms with Gasteiger partial charge in [-0.05, 0) is 25.8 Å². The Labute approximate surface area is 116 Å². The van der Waals surface area contributed by atoms with Crippen molar-refractivity contribution in [3.63, 3.8) is 0 Å². The number of nitrogens with one attached hydrogen (secondary N) is 2. The lowest BCUT2D eigenvalue weighted by Gasteiger charge is -2.20. The first-order valence-corrected chi connectivity index (χ1v) is 6.40. The van der Waals surface area contributed by atoms with Crippen LogP contribution in [0.2, 0.25) is 0 Å². The number of carbonyl (C=O) groups is 2. The molecule has 1 aromatic rings. The SMILES string of the molecule is COC(=O)C(C)NC(=O)NC1(c2ccccc2F)CC1. The van der Waals surface area contributed by atoms with Crippen LogP contribution in [0, 0.1) is 5.82 Å². The molecule has 1 fully saturated rings. The summed E-state index contributed by atoms with van der Waals surface area (Å²) in [6, 6.07) is 5.10. The first kappa shape index (κ1) is 14.3. The summed E-state index contributed by atoms with van der Waals surface area (Å²) < 4.78 is 18.3. The van der Waals surface area contributed by atoms with Gasteiger partial charge in [-0.15, -0.1) is 0 Å². The zero-order valence-electron chi connectivity index (χ0n) is 11.4. The van der Waals surface area contributed by atoms with Gasteiger partial charge in [0, 0.05) is 5.56 Å². The van der Waals surface area contributed by atoms with Gasteiger partial charge in [0.05, 0.1) is 12.6 Å². The zero-order valence-corrected chi connectivity index (χ0v) is 11.4. The molecular weight excluding hydrogens is 263 g/mol. The Morgan fingerprint density at radius 3 is 2.55 bits per heavy atom. The summed E-state index contributed by atoms with van der Waals surface area (Å²) in [7, 11) is 1.25. The second kappa shape index (κ2) is 5.48. The number of methoxy groups -OCH3 is 1. The maximum absolute atomic E-state index is 13.8. The van der Waals surface area contributed by atoms with Crippen LogP contribution in [0.3, 0.4) is 0 Å². The number of urea groups is 1. The van der Waals surface area contributed by atoms with E-state index < -0.39 is 23.6 Å². The maximum atomic E-state index is 13.8. The molecule has 1 saturated carbocycles. The topological polar surface area (TPSA) is 67.4 Å². The molecule has 0 aromatic heterocycles. The quantitative estimate of drug-likeness (QED) is 0.824. The van der Waals surface area contributed by atoms with Gasteiger partial charge < -0.3 is 15.4 Å². The van der Waals surface area contributed by atoms with Crippen molar-refractivity contribution in [2.75, 3.05) is 7.11 Å². The molecule has 20 heavy (non-hydrogen) atoms. The number of rotatable bonds is 4. The fraction of sp³-hybridized carbons (Fsp3) is 0.429. The third-order valence-corrected chi connectivity index (χ3v) is 3.39. The van der Waals surface area contributed by atoms with Crippen molar-refractivity contribution < 1.29 is 18.7 Å². The standard InChI is InChI=1S/C14H17FN2O3/c1-9(12(18)20-2)16-13(19)17-14(7-8-14)10-5-3-4-6-11(10)15/h3-6,9H,7-8H2,1-2H3,(H2,16,17,19). The maximum Gasteiger partial charge on any atom is 0.328 e. The van der Waals surface area contributed by atoms with Gasteiger partial charge in [-0.25, -0.2) is 14.0 Å². The van der Waals surface area contributed by atoms with Gasteiger partial charge in [0.25, 0.3) is 0 Å². The Kier molecular flexibility index (Phi) is 3.92. The fourth-order valence-electron chi connectivity index (χ4n) is 2.12. The molecule has 0 radical (unpaired) electrons. The Bertz CT molecular complexity index is 529. The molecule has 2 rings (SSSR count). The lowest BCUT2D eigenvalue weighted by atomic mass is 10.0. The number of amides is 2. The highest BCUT2D eigenvalue weighted by Gasteiger charge is 2.47. The fourth-order valence-corrected chi connectivity index (χ4v) is 2.12. The second-order valence-corrected chi connectivity index (χ2v) is 4.91. The minimum atomic E-state index is -0.753. The molecule has 2 N–H and O–H groups in total. The van der Waals surface area contributed by atoms with Crippen molar-refractivity contribution in [3.05, 3.63) is 35.6 Å². The molecule has 0 bridgehead atoms. The third-order valence-electron chi connectivity index (χ3n) is 3.39. The first-order chi connectivity index (χ1) is 9.48. The van der Waals surface area contributed by atoms with Crippen molar-refractivity contribution in [2.45, 2.75) is 31.3 Å². The van der Waals surface area contributed by atoms with Crippen molar-refractivity contribution in [3.8, 4) is 0 Å². The van der Waals surface area contributed by atoms with Crippen LogP contribution in [0.4, 0.5) is 9.18 Å². The lowest BCUT2D eigenvalue weighted by molar-refractivity contribution is -0.142. The number of hydrogen-bond donors (Lipinski definition) is 2. The molecule has 0 spiro atoms. The summed E-state index contributed by atoms with van der Waals surface area (Å²) in [6.45, 7) is 1.52. The summed E-state index contributed by atoms with van der Waals surface area (Å²) >= 11 is 0. The number of hydrogen-bond acceptors (Lipinski definition) is 3. The number of ether oxygens (including phenoxy) is 1. The molecular formula is C14H17FN2O3. The molecule has 1 aliphatic rings. The predicted octanol–water partition coefficient (Wildman–Crippen LogP) is 1.68. The van der Waals surface area contributed by atoms with E-state index in [4.69, 9.17) is 0 Å². The van der Waals surface area contributed by atoms with Crippen LogP contribution in [0.25, 0.3) is 0 Å². The molecule has 108 valence electrons. The molecule has 1 aliphatic carbocycles. The first-order valence-electron chi connectivity index (χ1n) is 6.40. The number of benzene rings is 1.